The third-order valence-corrected chi connectivity index (χ3v) is 3.65. The normalized spacial score (nSPS) is 33.8. The number of piperidine rings is 1. The molecule has 0 aromatic heterocycles. The van der Waals surface area contributed by atoms with Crippen molar-refractivity contribution in [3.05, 3.63) is 0 Å². The molecule has 2 heterocycles. The van der Waals surface area contributed by atoms with E-state index in [9.17, 15) is 23.1 Å². The Kier molecular flexibility index (Phi) is 3.82. The van der Waals surface area contributed by atoms with E-state index >= 15 is 0 Å². The van der Waals surface area contributed by atoms with Gasteiger partial charge >= 0.3 is 6.18 Å². The number of halogens is 3. The number of aliphatic hydroxyl groups excluding tert-OH is 1. The first-order valence-electron chi connectivity index (χ1n) is 6.15. The molecule has 2 fully saturated rings. The summed E-state index contributed by atoms with van der Waals surface area (Å²) in [5.41, 5.74) is 0. The van der Waals surface area contributed by atoms with Crippen LogP contribution in [0.25, 0.3) is 0 Å². The Balaban J connectivity index is 1.84. The minimum absolute atomic E-state index is 0.0106. The third-order valence-electron chi connectivity index (χ3n) is 3.65. The zero-order valence-electron chi connectivity index (χ0n) is 9.91. The molecule has 1 amide bonds. The van der Waals surface area contributed by atoms with Gasteiger partial charge in [-0.05, 0) is 19.3 Å². The summed E-state index contributed by atoms with van der Waals surface area (Å²) < 4.78 is 37.4. The second kappa shape index (κ2) is 5.05. The average Bonchev–Trinajstić information content (AvgIpc) is 2.74. The molecule has 4 nitrogen and oxygen atoms in total. The van der Waals surface area contributed by atoms with Crippen molar-refractivity contribution >= 4 is 5.91 Å². The molecule has 18 heavy (non-hydrogen) atoms. The Bertz CT molecular complexity index is 314. The lowest BCUT2D eigenvalue weighted by molar-refractivity contribution is -0.180. The summed E-state index contributed by atoms with van der Waals surface area (Å²) in [6, 6.07) is -0.533. The summed E-state index contributed by atoms with van der Waals surface area (Å²) >= 11 is 0. The van der Waals surface area contributed by atoms with Crippen molar-refractivity contribution < 1.29 is 23.1 Å². The Morgan fingerprint density at radius 2 is 2.00 bits per heavy atom. The number of aliphatic hydroxyl groups is 1. The first-order chi connectivity index (χ1) is 8.38. The number of carbonyl (C=O) groups is 1. The molecule has 2 saturated heterocycles. The molecule has 0 aliphatic carbocycles. The molecule has 2 aliphatic rings. The van der Waals surface area contributed by atoms with Gasteiger partial charge in [0.1, 0.15) is 0 Å². The van der Waals surface area contributed by atoms with Crippen LogP contribution in [0.4, 0.5) is 13.2 Å². The van der Waals surface area contributed by atoms with E-state index < -0.39 is 24.2 Å². The van der Waals surface area contributed by atoms with Gasteiger partial charge in [-0.3, -0.25) is 4.79 Å². The van der Waals surface area contributed by atoms with Crippen LogP contribution in [0.2, 0.25) is 0 Å². The second-order valence-electron chi connectivity index (χ2n) is 5.00. The van der Waals surface area contributed by atoms with Crippen molar-refractivity contribution in [2.45, 2.75) is 37.6 Å². The van der Waals surface area contributed by atoms with Gasteiger partial charge < -0.3 is 15.3 Å². The number of alkyl halides is 3. The summed E-state index contributed by atoms with van der Waals surface area (Å²) in [4.78, 5) is 13.5. The van der Waals surface area contributed by atoms with E-state index in [1.54, 1.807) is 0 Å². The molecule has 0 aromatic rings. The molecule has 0 saturated carbocycles. The predicted molar refractivity (Wildman–Crippen MR) is 57.8 cm³/mol. The molecule has 3 atom stereocenters. The van der Waals surface area contributed by atoms with Gasteiger partial charge in [-0.25, -0.2) is 0 Å². The number of hydrogen-bond acceptors (Lipinski definition) is 3. The molecule has 0 radical (unpaired) electrons. The SMILES string of the molecule is O=C(C1CCC(C(F)(F)F)CN1)N1CCC(O)C1. The molecule has 0 spiro atoms. The zero-order chi connectivity index (χ0) is 13.3. The highest BCUT2D eigenvalue weighted by Crippen LogP contribution is 2.32. The van der Waals surface area contributed by atoms with Crippen LogP contribution in [0.1, 0.15) is 19.3 Å². The number of rotatable bonds is 1. The van der Waals surface area contributed by atoms with E-state index in [0.29, 0.717) is 19.5 Å². The monoisotopic (exact) mass is 266 g/mol. The van der Waals surface area contributed by atoms with Crippen LogP contribution in [0, 0.1) is 5.92 Å². The van der Waals surface area contributed by atoms with Crippen molar-refractivity contribution in [1.29, 1.82) is 0 Å². The Morgan fingerprint density at radius 3 is 2.44 bits per heavy atom. The summed E-state index contributed by atoms with van der Waals surface area (Å²) in [6.07, 6.45) is -3.95. The highest BCUT2D eigenvalue weighted by molar-refractivity contribution is 5.82. The van der Waals surface area contributed by atoms with Crippen molar-refractivity contribution in [3.8, 4) is 0 Å². The number of nitrogens with one attached hydrogen (secondary N) is 1. The molecule has 7 heteroatoms. The lowest BCUT2D eigenvalue weighted by Crippen LogP contribution is -2.52. The van der Waals surface area contributed by atoms with E-state index in [-0.39, 0.29) is 25.3 Å². The lowest BCUT2D eigenvalue weighted by Gasteiger charge is -2.32. The minimum atomic E-state index is -4.19. The average molecular weight is 266 g/mol. The summed E-state index contributed by atoms with van der Waals surface area (Å²) in [7, 11) is 0. The van der Waals surface area contributed by atoms with Crippen molar-refractivity contribution in [2.24, 2.45) is 5.92 Å². The first kappa shape index (κ1) is 13.6. The highest BCUT2D eigenvalue weighted by atomic mass is 19.4. The standard InChI is InChI=1S/C11H17F3N2O2/c12-11(13,14)7-1-2-9(15-5-7)10(18)16-4-3-8(17)6-16/h7-9,15,17H,1-6H2. The Hall–Kier alpha value is -0.820. The number of hydrogen-bond donors (Lipinski definition) is 2. The van der Waals surface area contributed by atoms with Crippen LogP contribution in [0.15, 0.2) is 0 Å². The molecule has 0 bridgehead atoms. The van der Waals surface area contributed by atoms with Crippen molar-refractivity contribution in [1.82, 2.24) is 10.2 Å². The number of likely N-dealkylation sites (tertiary alicyclic amines) is 1. The van der Waals surface area contributed by atoms with Crippen LogP contribution >= 0.6 is 0 Å². The van der Waals surface area contributed by atoms with Crippen LogP contribution in [-0.4, -0.2) is 53.9 Å². The Morgan fingerprint density at radius 1 is 1.28 bits per heavy atom. The van der Waals surface area contributed by atoms with Crippen molar-refractivity contribution in [2.75, 3.05) is 19.6 Å². The number of amides is 1. The summed E-state index contributed by atoms with van der Waals surface area (Å²) in [5, 5.41) is 12.0. The van der Waals surface area contributed by atoms with Gasteiger partial charge in [-0.15, -0.1) is 0 Å². The smallest absolute Gasteiger partial charge is 0.391 e. The van der Waals surface area contributed by atoms with Crippen LogP contribution < -0.4 is 5.32 Å². The van der Waals surface area contributed by atoms with Gasteiger partial charge in [0.05, 0.1) is 18.1 Å². The molecular formula is C11H17F3N2O2. The van der Waals surface area contributed by atoms with Gasteiger partial charge in [-0.1, -0.05) is 0 Å². The van der Waals surface area contributed by atoms with Crippen LogP contribution in [-0.2, 0) is 4.79 Å². The van der Waals surface area contributed by atoms with Gasteiger partial charge in [0.2, 0.25) is 5.91 Å². The lowest BCUT2D eigenvalue weighted by atomic mass is 9.93. The Labute approximate surface area is 103 Å². The second-order valence-corrected chi connectivity index (χ2v) is 5.00. The zero-order valence-corrected chi connectivity index (χ0v) is 9.91. The van der Waals surface area contributed by atoms with Gasteiger partial charge in [0.25, 0.3) is 0 Å². The summed E-state index contributed by atoms with van der Waals surface area (Å²) in [6.45, 7) is 0.580. The van der Waals surface area contributed by atoms with Crippen LogP contribution in [0.5, 0.6) is 0 Å². The maximum absolute atomic E-state index is 12.5. The topological polar surface area (TPSA) is 52.6 Å². The molecule has 0 aromatic carbocycles. The summed E-state index contributed by atoms with van der Waals surface area (Å²) in [5.74, 6) is -1.54. The molecular weight excluding hydrogens is 249 g/mol. The molecule has 104 valence electrons. The van der Waals surface area contributed by atoms with E-state index in [0.717, 1.165) is 0 Å². The van der Waals surface area contributed by atoms with Gasteiger partial charge in [-0.2, -0.15) is 13.2 Å². The van der Waals surface area contributed by atoms with E-state index in [2.05, 4.69) is 5.32 Å². The fraction of sp³-hybridized carbons (Fsp3) is 0.909. The molecule has 2 aliphatic heterocycles. The van der Waals surface area contributed by atoms with E-state index in [1.165, 1.54) is 4.90 Å². The maximum atomic E-state index is 12.5. The van der Waals surface area contributed by atoms with Gasteiger partial charge in [0, 0.05) is 19.6 Å². The van der Waals surface area contributed by atoms with Crippen molar-refractivity contribution in [3.63, 3.8) is 0 Å². The fourth-order valence-electron chi connectivity index (χ4n) is 2.51. The number of nitrogens with zero attached hydrogens (tertiary/aromatic N) is 1. The van der Waals surface area contributed by atoms with E-state index in [4.69, 9.17) is 0 Å². The quantitative estimate of drug-likeness (QED) is 0.727. The molecule has 2 N–H and O–H groups in total. The predicted octanol–water partition coefficient (Wildman–Crippen LogP) is 0.510. The maximum Gasteiger partial charge on any atom is 0.393 e. The minimum Gasteiger partial charge on any atom is -0.391 e. The first-order valence-corrected chi connectivity index (χ1v) is 6.15. The number of β-amino-alcohol motifs (C(OH)–C–C–N with tert-alkyl or cyclic N) is 1. The molecule has 2 rings (SSSR count). The fourth-order valence-corrected chi connectivity index (χ4v) is 2.51. The van der Waals surface area contributed by atoms with Gasteiger partial charge in [0.15, 0.2) is 0 Å². The largest absolute Gasteiger partial charge is 0.393 e. The molecule has 3 unspecified atom stereocenters. The third kappa shape index (κ3) is 2.95. The van der Waals surface area contributed by atoms with Crippen LogP contribution in [0.3, 0.4) is 0 Å². The highest BCUT2D eigenvalue weighted by Gasteiger charge is 2.43. The van der Waals surface area contributed by atoms with E-state index in [1.807, 2.05) is 0 Å². The number of carbonyl (C=O) groups excluding carboxylic acids is 1.